The third kappa shape index (κ3) is 2.68. The third-order valence-electron chi connectivity index (χ3n) is 3.65. The van der Waals surface area contributed by atoms with Gasteiger partial charge < -0.3 is 9.67 Å². The van der Waals surface area contributed by atoms with Gasteiger partial charge in [0.25, 0.3) is 0 Å². The monoisotopic (exact) mass is 293 g/mol. The van der Waals surface area contributed by atoms with Crippen molar-refractivity contribution in [1.82, 2.24) is 4.57 Å². The predicted molar refractivity (Wildman–Crippen MR) is 82.5 cm³/mol. The van der Waals surface area contributed by atoms with Crippen LogP contribution in [0.4, 0.5) is 0 Å². The second-order valence-corrected chi connectivity index (χ2v) is 6.62. The molecule has 1 aromatic carbocycles. The minimum atomic E-state index is -0.793. The van der Waals surface area contributed by atoms with Crippen LogP contribution in [-0.4, -0.2) is 15.6 Å². The molecule has 20 heavy (non-hydrogen) atoms. The van der Waals surface area contributed by atoms with Gasteiger partial charge in [-0.2, -0.15) is 0 Å². The van der Waals surface area contributed by atoms with Gasteiger partial charge in [-0.25, -0.2) is 0 Å². The first-order chi connectivity index (χ1) is 9.22. The molecule has 3 nitrogen and oxygen atoms in total. The van der Waals surface area contributed by atoms with Crippen LogP contribution in [0.3, 0.4) is 0 Å². The molecule has 1 N–H and O–H groups in total. The summed E-state index contributed by atoms with van der Waals surface area (Å²) in [6.45, 7) is 7.72. The standard InChI is InChI=1S/C16H20ClNO2/c1-10(2)18-9-11(8-16(3,4)15(19)20)13-7-12(17)5-6-14(13)18/h5-7,9-10H,8H2,1-4H3,(H,19,20). The fourth-order valence-corrected chi connectivity index (χ4v) is 2.59. The molecule has 0 aliphatic rings. The molecular weight excluding hydrogens is 274 g/mol. The van der Waals surface area contributed by atoms with Crippen LogP contribution in [0.2, 0.25) is 5.02 Å². The molecular formula is C16H20ClNO2. The molecule has 0 aliphatic carbocycles. The number of carboxylic acids is 1. The van der Waals surface area contributed by atoms with Crippen LogP contribution in [0.1, 0.15) is 39.3 Å². The number of aromatic nitrogens is 1. The summed E-state index contributed by atoms with van der Waals surface area (Å²) < 4.78 is 2.17. The average molecular weight is 294 g/mol. The zero-order valence-corrected chi connectivity index (χ0v) is 13.0. The Morgan fingerprint density at radius 3 is 2.60 bits per heavy atom. The lowest BCUT2D eigenvalue weighted by Gasteiger charge is -2.18. The maximum Gasteiger partial charge on any atom is 0.309 e. The summed E-state index contributed by atoms with van der Waals surface area (Å²) in [5.41, 5.74) is 1.34. The molecule has 2 rings (SSSR count). The number of nitrogens with zero attached hydrogens (tertiary/aromatic N) is 1. The van der Waals surface area contributed by atoms with Crippen LogP contribution >= 0.6 is 11.6 Å². The Balaban J connectivity index is 2.58. The molecule has 0 saturated heterocycles. The number of halogens is 1. The van der Waals surface area contributed by atoms with Crippen LogP contribution in [-0.2, 0) is 11.2 Å². The summed E-state index contributed by atoms with van der Waals surface area (Å²) in [6, 6.07) is 6.10. The van der Waals surface area contributed by atoms with Crippen LogP contribution in [0.15, 0.2) is 24.4 Å². The molecule has 0 atom stereocenters. The molecule has 0 saturated carbocycles. The van der Waals surface area contributed by atoms with Gasteiger partial charge in [-0.3, -0.25) is 4.79 Å². The maximum absolute atomic E-state index is 11.3. The fourth-order valence-electron chi connectivity index (χ4n) is 2.42. The van der Waals surface area contributed by atoms with Crippen molar-refractivity contribution in [3.63, 3.8) is 0 Å². The molecule has 2 aromatic rings. The maximum atomic E-state index is 11.3. The lowest BCUT2D eigenvalue weighted by Crippen LogP contribution is -2.26. The van der Waals surface area contributed by atoms with E-state index in [1.165, 1.54) is 0 Å². The number of carboxylic acid groups (broad SMARTS) is 1. The highest BCUT2D eigenvalue weighted by atomic mass is 35.5. The summed E-state index contributed by atoms with van der Waals surface area (Å²) >= 11 is 6.09. The normalized spacial score (nSPS) is 12.3. The second-order valence-electron chi connectivity index (χ2n) is 6.18. The van der Waals surface area contributed by atoms with Gasteiger partial charge in [0.2, 0.25) is 0 Å². The minimum Gasteiger partial charge on any atom is -0.481 e. The average Bonchev–Trinajstić information content (AvgIpc) is 2.67. The molecule has 1 heterocycles. The van der Waals surface area contributed by atoms with E-state index in [2.05, 4.69) is 24.6 Å². The van der Waals surface area contributed by atoms with Crippen LogP contribution in [0.25, 0.3) is 10.9 Å². The number of fused-ring (bicyclic) bond motifs is 1. The van der Waals surface area contributed by atoms with Gasteiger partial charge in [0, 0.05) is 28.2 Å². The number of aliphatic carboxylic acids is 1. The molecule has 0 bridgehead atoms. The van der Waals surface area contributed by atoms with Crippen molar-refractivity contribution in [2.75, 3.05) is 0 Å². The van der Waals surface area contributed by atoms with Gasteiger partial charge in [0.1, 0.15) is 0 Å². The number of benzene rings is 1. The van der Waals surface area contributed by atoms with Crippen molar-refractivity contribution in [3.05, 3.63) is 35.0 Å². The molecule has 0 aliphatic heterocycles. The van der Waals surface area contributed by atoms with E-state index in [1.807, 2.05) is 18.2 Å². The molecule has 0 spiro atoms. The number of hydrogen-bond acceptors (Lipinski definition) is 1. The molecule has 0 amide bonds. The van der Waals surface area contributed by atoms with E-state index in [9.17, 15) is 9.90 Å². The van der Waals surface area contributed by atoms with Crippen molar-refractivity contribution in [1.29, 1.82) is 0 Å². The second kappa shape index (κ2) is 5.13. The van der Waals surface area contributed by atoms with Gasteiger partial charge in [-0.15, -0.1) is 0 Å². The van der Waals surface area contributed by atoms with Crippen LogP contribution in [0.5, 0.6) is 0 Å². The Bertz CT molecular complexity index is 656. The summed E-state index contributed by atoms with van der Waals surface area (Å²) in [5.74, 6) is -0.787. The quantitative estimate of drug-likeness (QED) is 0.900. The fraction of sp³-hybridized carbons (Fsp3) is 0.438. The van der Waals surface area contributed by atoms with E-state index >= 15 is 0 Å². The van der Waals surface area contributed by atoms with Crippen molar-refractivity contribution < 1.29 is 9.90 Å². The van der Waals surface area contributed by atoms with E-state index in [0.29, 0.717) is 17.5 Å². The van der Waals surface area contributed by atoms with Crippen LogP contribution < -0.4 is 0 Å². The van der Waals surface area contributed by atoms with Gasteiger partial charge in [-0.1, -0.05) is 11.6 Å². The lowest BCUT2D eigenvalue weighted by atomic mass is 9.86. The SMILES string of the molecule is CC(C)n1cc(CC(C)(C)C(=O)O)c2cc(Cl)ccc21. The minimum absolute atomic E-state index is 0.320. The van der Waals surface area contributed by atoms with Gasteiger partial charge >= 0.3 is 5.97 Å². The van der Waals surface area contributed by atoms with Gasteiger partial charge in [-0.05, 0) is 57.9 Å². The first kappa shape index (κ1) is 14.9. The first-order valence-electron chi connectivity index (χ1n) is 6.75. The molecule has 4 heteroatoms. The largest absolute Gasteiger partial charge is 0.481 e. The molecule has 108 valence electrons. The van der Waals surface area contributed by atoms with Gasteiger partial charge in [0.15, 0.2) is 0 Å². The zero-order chi connectivity index (χ0) is 15.1. The van der Waals surface area contributed by atoms with E-state index < -0.39 is 11.4 Å². The third-order valence-corrected chi connectivity index (χ3v) is 3.88. The topological polar surface area (TPSA) is 42.2 Å². The van der Waals surface area contributed by atoms with Crippen molar-refractivity contribution in [3.8, 4) is 0 Å². The summed E-state index contributed by atoms with van der Waals surface area (Å²) in [4.78, 5) is 11.3. The van der Waals surface area contributed by atoms with E-state index in [-0.39, 0.29) is 0 Å². The van der Waals surface area contributed by atoms with Crippen LogP contribution in [0, 0.1) is 5.41 Å². The Hall–Kier alpha value is -1.48. The zero-order valence-electron chi connectivity index (χ0n) is 12.3. The highest BCUT2D eigenvalue weighted by molar-refractivity contribution is 6.31. The number of rotatable bonds is 4. The summed E-state index contributed by atoms with van der Waals surface area (Å²) in [6.07, 6.45) is 2.54. The first-order valence-corrected chi connectivity index (χ1v) is 7.12. The molecule has 1 aromatic heterocycles. The Labute approximate surface area is 124 Å². The number of carbonyl (C=O) groups is 1. The Morgan fingerprint density at radius 1 is 1.40 bits per heavy atom. The van der Waals surface area contributed by atoms with Gasteiger partial charge in [0.05, 0.1) is 5.41 Å². The Kier molecular flexibility index (Phi) is 3.83. The highest BCUT2D eigenvalue weighted by Gasteiger charge is 2.29. The van der Waals surface area contributed by atoms with Crippen molar-refractivity contribution in [2.45, 2.75) is 40.2 Å². The summed E-state index contributed by atoms with van der Waals surface area (Å²) in [5, 5.41) is 11.0. The molecule has 0 radical (unpaired) electrons. The molecule has 0 unspecified atom stereocenters. The van der Waals surface area contributed by atoms with Crippen molar-refractivity contribution in [2.24, 2.45) is 5.41 Å². The smallest absolute Gasteiger partial charge is 0.309 e. The Morgan fingerprint density at radius 2 is 2.05 bits per heavy atom. The van der Waals surface area contributed by atoms with E-state index in [1.54, 1.807) is 13.8 Å². The van der Waals surface area contributed by atoms with E-state index in [0.717, 1.165) is 16.5 Å². The molecule has 0 fully saturated rings. The van der Waals surface area contributed by atoms with Crippen molar-refractivity contribution >= 4 is 28.5 Å². The number of hydrogen-bond donors (Lipinski definition) is 1. The van der Waals surface area contributed by atoms with E-state index in [4.69, 9.17) is 11.6 Å². The lowest BCUT2D eigenvalue weighted by molar-refractivity contribution is -0.146. The summed E-state index contributed by atoms with van der Waals surface area (Å²) in [7, 11) is 0. The highest BCUT2D eigenvalue weighted by Crippen LogP contribution is 2.32. The predicted octanol–water partition coefficient (Wildman–Crippen LogP) is 4.53.